The van der Waals surface area contributed by atoms with Crippen LogP contribution in [-0.4, -0.2) is 39.2 Å². The number of benzene rings is 1. The van der Waals surface area contributed by atoms with E-state index in [1.54, 1.807) is 0 Å². The molecule has 0 unspecified atom stereocenters. The highest BCUT2D eigenvalue weighted by molar-refractivity contribution is 5.84. The summed E-state index contributed by atoms with van der Waals surface area (Å²) in [4.78, 5) is 13.6. The van der Waals surface area contributed by atoms with E-state index in [0.717, 1.165) is 29.3 Å². The van der Waals surface area contributed by atoms with Gasteiger partial charge in [-0.05, 0) is 32.9 Å². The molecule has 7 heteroatoms. The Labute approximate surface area is 147 Å². The molecule has 2 aromatic heterocycles. The molecule has 0 saturated carbocycles. The molecular weight excluding hydrogens is 316 g/mol. The summed E-state index contributed by atoms with van der Waals surface area (Å²) in [7, 11) is 0. The van der Waals surface area contributed by atoms with Crippen LogP contribution in [-0.2, 0) is 0 Å². The molecule has 2 N–H and O–H groups in total. The van der Waals surface area contributed by atoms with Crippen molar-refractivity contribution in [1.82, 2.24) is 19.5 Å². The van der Waals surface area contributed by atoms with Crippen LogP contribution < -0.4 is 15.4 Å². The lowest BCUT2D eigenvalue weighted by Gasteiger charge is -2.12. The van der Waals surface area contributed by atoms with Crippen molar-refractivity contribution in [3.8, 4) is 5.75 Å². The van der Waals surface area contributed by atoms with Gasteiger partial charge in [0.1, 0.15) is 12.4 Å². The molecule has 1 aromatic carbocycles. The molecule has 0 radical (unpaired) electrons. The average Bonchev–Trinajstić information content (AvgIpc) is 3.04. The fourth-order valence-electron chi connectivity index (χ4n) is 2.51. The largest absolute Gasteiger partial charge is 0.492 e. The zero-order valence-electron chi connectivity index (χ0n) is 14.9. The standard InChI is InChI=1S/C18H24N6O/c1-4-19-18-22-16(15-17(23-18)24(12-21-15)13(2)3)20-10-11-25-14-8-6-5-7-9-14/h5-9,12-13H,4,10-11H2,1-3H3,(H2,19,20,22,23). The lowest BCUT2D eigenvalue weighted by Crippen LogP contribution is -2.14. The van der Waals surface area contributed by atoms with Crippen molar-refractivity contribution in [3.63, 3.8) is 0 Å². The van der Waals surface area contributed by atoms with Crippen LogP contribution in [0.1, 0.15) is 26.8 Å². The zero-order chi connectivity index (χ0) is 17.6. The molecule has 25 heavy (non-hydrogen) atoms. The summed E-state index contributed by atoms with van der Waals surface area (Å²) in [6.45, 7) is 8.16. The second-order valence-corrected chi connectivity index (χ2v) is 5.93. The number of fused-ring (bicyclic) bond motifs is 1. The van der Waals surface area contributed by atoms with Crippen molar-refractivity contribution < 1.29 is 4.74 Å². The van der Waals surface area contributed by atoms with E-state index in [0.29, 0.717) is 19.1 Å². The van der Waals surface area contributed by atoms with Crippen molar-refractivity contribution in [1.29, 1.82) is 0 Å². The molecule has 0 saturated heterocycles. The van der Waals surface area contributed by atoms with Gasteiger partial charge in [0.15, 0.2) is 17.0 Å². The number of ether oxygens (including phenoxy) is 1. The third-order valence-electron chi connectivity index (χ3n) is 3.72. The number of imidazole rings is 1. The van der Waals surface area contributed by atoms with Crippen molar-refractivity contribution >= 4 is 22.9 Å². The van der Waals surface area contributed by atoms with Gasteiger partial charge in [-0.1, -0.05) is 18.2 Å². The molecule has 0 atom stereocenters. The quantitative estimate of drug-likeness (QED) is 0.613. The molecular formula is C18H24N6O. The molecule has 132 valence electrons. The summed E-state index contributed by atoms with van der Waals surface area (Å²) in [5.74, 6) is 2.18. The number of hydrogen-bond acceptors (Lipinski definition) is 6. The van der Waals surface area contributed by atoms with Crippen LogP contribution in [0.25, 0.3) is 11.2 Å². The summed E-state index contributed by atoms with van der Waals surface area (Å²) in [5, 5.41) is 6.49. The molecule has 2 heterocycles. The lowest BCUT2D eigenvalue weighted by atomic mass is 10.3. The molecule has 0 spiro atoms. The van der Waals surface area contributed by atoms with Crippen molar-refractivity contribution in [3.05, 3.63) is 36.7 Å². The Bertz CT molecular complexity index is 815. The van der Waals surface area contributed by atoms with Gasteiger partial charge in [-0.2, -0.15) is 9.97 Å². The minimum atomic E-state index is 0.281. The van der Waals surface area contributed by atoms with Crippen molar-refractivity contribution in [2.45, 2.75) is 26.8 Å². The van der Waals surface area contributed by atoms with E-state index in [-0.39, 0.29) is 6.04 Å². The number of rotatable bonds is 8. The molecule has 0 aliphatic heterocycles. The van der Waals surface area contributed by atoms with Gasteiger partial charge < -0.3 is 19.9 Å². The number of anilines is 2. The number of nitrogens with one attached hydrogen (secondary N) is 2. The monoisotopic (exact) mass is 340 g/mol. The van der Waals surface area contributed by atoms with Crippen LogP contribution in [0.5, 0.6) is 5.75 Å². The fourth-order valence-corrected chi connectivity index (χ4v) is 2.51. The van der Waals surface area contributed by atoms with Gasteiger partial charge >= 0.3 is 0 Å². The molecule has 0 bridgehead atoms. The highest BCUT2D eigenvalue weighted by Crippen LogP contribution is 2.23. The molecule has 0 amide bonds. The molecule has 3 rings (SSSR count). The Kier molecular flexibility index (Phi) is 5.33. The molecule has 3 aromatic rings. The Morgan fingerprint density at radius 2 is 1.92 bits per heavy atom. The number of para-hydroxylation sites is 1. The van der Waals surface area contributed by atoms with E-state index in [4.69, 9.17) is 4.74 Å². The Hall–Kier alpha value is -2.83. The highest BCUT2D eigenvalue weighted by atomic mass is 16.5. The van der Waals surface area contributed by atoms with Crippen LogP contribution in [0, 0.1) is 0 Å². The van der Waals surface area contributed by atoms with Crippen LogP contribution in [0.4, 0.5) is 11.8 Å². The third-order valence-corrected chi connectivity index (χ3v) is 3.72. The molecule has 0 aliphatic carbocycles. The lowest BCUT2D eigenvalue weighted by molar-refractivity contribution is 0.333. The minimum absolute atomic E-state index is 0.281. The van der Waals surface area contributed by atoms with E-state index in [1.807, 2.05) is 48.1 Å². The molecule has 0 fully saturated rings. The maximum atomic E-state index is 5.71. The van der Waals surface area contributed by atoms with Gasteiger partial charge in [0, 0.05) is 12.6 Å². The Morgan fingerprint density at radius 1 is 1.12 bits per heavy atom. The van der Waals surface area contributed by atoms with Crippen LogP contribution in [0.15, 0.2) is 36.7 Å². The first-order chi connectivity index (χ1) is 12.2. The zero-order valence-corrected chi connectivity index (χ0v) is 14.9. The van der Waals surface area contributed by atoms with Gasteiger partial charge in [-0.15, -0.1) is 0 Å². The fraction of sp³-hybridized carbons (Fsp3) is 0.389. The first kappa shape index (κ1) is 17.0. The summed E-state index contributed by atoms with van der Waals surface area (Å²) < 4.78 is 7.76. The smallest absolute Gasteiger partial charge is 0.226 e. The minimum Gasteiger partial charge on any atom is -0.492 e. The summed E-state index contributed by atoms with van der Waals surface area (Å²) in [6.07, 6.45) is 1.81. The summed E-state index contributed by atoms with van der Waals surface area (Å²) in [5.41, 5.74) is 1.60. The van der Waals surface area contributed by atoms with Gasteiger partial charge in [0.25, 0.3) is 0 Å². The third kappa shape index (κ3) is 3.99. The van der Waals surface area contributed by atoms with E-state index < -0.39 is 0 Å². The van der Waals surface area contributed by atoms with E-state index in [9.17, 15) is 0 Å². The predicted octanol–water partition coefficient (Wildman–Crippen LogP) is 3.33. The molecule has 0 aliphatic rings. The second-order valence-electron chi connectivity index (χ2n) is 5.93. The van der Waals surface area contributed by atoms with E-state index in [1.165, 1.54) is 0 Å². The summed E-state index contributed by atoms with van der Waals surface area (Å²) >= 11 is 0. The first-order valence-corrected chi connectivity index (χ1v) is 8.59. The number of aromatic nitrogens is 4. The van der Waals surface area contributed by atoms with Crippen LogP contribution >= 0.6 is 0 Å². The van der Waals surface area contributed by atoms with Crippen LogP contribution in [0.2, 0.25) is 0 Å². The van der Waals surface area contributed by atoms with E-state index >= 15 is 0 Å². The van der Waals surface area contributed by atoms with Gasteiger partial charge in [0.05, 0.1) is 12.9 Å². The Morgan fingerprint density at radius 3 is 2.64 bits per heavy atom. The maximum absolute atomic E-state index is 5.71. The highest BCUT2D eigenvalue weighted by Gasteiger charge is 2.14. The van der Waals surface area contributed by atoms with Gasteiger partial charge in [-0.25, -0.2) is 4.98 Å². The summed E-state index contributed by atoms with van der Waals surface area (Å²) in [6, 6.07) is 10.0. The van der Waals surface area contributed by atoms with Crippen molar-refractivity contribution in [2.75, 3.05) is 30.3 Å². The second kappa shape index (κ2) is 7.83. The number of nitrogens with zero attached hydrogens (tertiary/aromatic N) is 4. The SMILES string of the molecule is CCNc1nc(NCCOc2ccccc2)c2ncn(C(C)C)c2n1. The van der Waals surface area contributed by atoms with E-state index in [2.05, 4.69) is 39.4 Å². The predicted molar refractivity (Wildman–Crippen MR) is 100 cm³/mol. The van der Waals surface area contributed by atoms with Crippen molar-refractivity contribution in [2.24, 2.45) is 0 Å². The Balaban J connectivity index is 1.75. The maximum Gasteiger partial charge on any atom is 0.226 e. The average molecular weight is 340 g/mol. The number of hydrogen-bond donors (Lipinski definition) is 2. The molecule has 7 nitrogen and oxygen atoms in total. The van der Waals surface area contributed by atoms with Crippen LogP contribution in [0.3, 0.4) is 0 Å². The van der Waals surface area contributed by atoms with Gasteiger partial charge in [-0.3, -0.25) is 0 Å². The normalized spacial score (nSPS) is 11.0. The van der Waals surface area contributed by atoms with Gasteiger partial charge in [0.2, 0.25) is 5.95 Å². The topological polar surface area (TPSA) is 76.9 Å². The first-order valence-electron chi connectivity index (χ1n) is 8.59.